The van der Waals surface area contributed by atoms with E-state index in [1.54, 1.807) is 18.2 Å². The number of nitrogens with two attached hydrogens (primary N) is 1. The third-order valence-electron chi connectivity index (χ3n) is 4.73. The third kappa shape index (κ3) is 5.27. The number of carbonyl (C=O) groups is 3. The van der Waals surface area contributed by atoms with Gasteiger partial charge >= 0.3 is 0 Å². The molecule has 168 valence electrons. The second kappa shape index (κ2) is 10.0. The van der Waals surface area contributed by atoms with Crippen molar-refractivity contribution in [2.75, 3.05) is 35.3 Å². The van der Waals surface area contributed by atoms with Gasteiger partial charge in [0.1, 0.15) is 12.4 Å². The highest BCUT2D eigenvalue weighted by atomic mass is 16.5. The van der Waals surface area contributed by atoms with Gasteiger partial charge in [0.2, 0.25) is 5.91 Å². The van der Waals surface area contributed by atoms with E-state index < -0.39 is 36.5 Å². The lowest BCUT2D eigenvalue weighted by Crippen LogP contribution is -2.55. The minimum Gasteiger partial charge on any atom is -0.387 e. The smallest absolute Gasteiger partial charge is 0.259 e. The van der Waals surface area contributed by atoms with Gasteiger partial charge in [-0.2, -0.15) is 0 Å². The predicted molar refractivity (Wildman–Crippen MR) is 116 cm³/mol. The van der Waals surface area contributed by atoms with Crippen LogP contribution in [0.15, 0.2) is 48.5 Å². The second-order valence-corrected chi connectivity index (χ2v) is 6.96. The maximum Gasteiger partial charge on any atom is 0.259 e. The number of hydrogen-bond donors (Lipinski definition) is 6. The van der Waals surface area contributed by atoms with E-state index in [4.69, 9.17) is 21.0 Å². The number of aliphatic hydroxyl groups is 2. The van der Waals surface area contributed by atoms with Crippen LogP contribution in [-0.2, 0) is 19.1 Å². The number of ether oxygens (including phenoxy) is 1. The van der Waals surface area contributed by atoms with Gasteiger partial charge in [0, 0.05) is 29.2 Å². The quantitative estimate of drug-likeness (QED) is 0.251. The summed E-state index contributed by atoms with van der Waals surface area (Å²) >= 11 is 0. The van der Waals surface area contributed by atoms with Crippen molar-refractivity contribution in [1.82, 2.24) is 0 Å². The Balaban J connectivity index is 1.70. The molecule has 0 spiro atoms. The van der Waals surface area contributed by atoms with E-state index in [9.17, 15) is 19.5 Å². The molecular weight excluding hydrogens is 418 g/mol. The maximum absolute atomic E-state index is 12.9. The van der Waals surface area contributed by atoms with Gasteiger partial charge in [0.25, 0.3) is 11.8 Å². The molecule has 7 N–H and O–H groups in total. The summed E-state index contributed by atoms with van der Waals surface area (Å²) in [6, 6.07) is 12.5. The molecule has 0 radical (unpaired) electrons. The summed E-state index contributed by atoms with van der Waals surface area (Å²) in [5.74, 6) is -2.16. The van der Waals surface area contributed by atoms with Gasteiger partial charge in [0.15, 0.2) is 12.2 Å². The summed E-state index contributed by atoms with van der Waals surface area (Å²) in [6.45, 7) is -0.406. The van der Waals surface area contributed by atoms with Crippen LogP contribution in [0, 0.1) is 5.41 Å². The number of nitrogen functional groups attached to an aromatic ring is 1. The molecule has 0 aromatic heterocycles. The lowest BCUT2D eigenvalue weighted by Gasteiger charge is -2.34. The van der Waals surface area contributed by atoms with Crippen molar-refractivity contribution in [2.45, 2.75) is 12.2 Å². The molecule has 0 saturated carbocycles. The van der Waals surface area contributed by atoms with Gasteiger partial charge in [-0.25, -0.2) is 0 Å². The monoisotopic (exact) mass is 441 g/mol. The number of amides is 3. The van der Waals surface area contributed by atoms with Gasteiger partial charge in [-0.05, 0) is 42.5 Å². The molecule has 2 aromatic rings. The largest absolute Gasteiger partial charge is 0.387 e. The van der Waals surface area contributed by atoms with Crippen molar-refractivity contribution in [3.63, 3.8) is 0 Å². The Morgan fingerprint density at radius 3 is 2.56 bits per heavy atom. The number of anilines is 3. The van der Waals surface area contributed by atoms with Crippen LogP contribution in [0.5, 0.6) is 0 Å². The van der Waals surface area contributed by atoms with Gasteiger partial charge in [-0.3, -0.25) is 19.8 Å². The zero-order valence-electron chi connectivity index (χ0n) is 16.9. The lowest BCUT2D eigenvalue weighted by atomic mass is 10.1. The molecule has 1 fully saturated rings. The van der Waals surface area contributed by atoms with E-state index in [0.29, 0.717) is 22.6 Å². The highest BCUT2D eigenvalue weighted by Crippen LogP contribution is 2.24. The number of rotatable bonds is 7. The van der Waals surface area contributed by atoms with Crippen molar-refractivity contribution in [1.29, 1.82) is 5.41 Å². The third-order valence-corrected chi connectivity index (χ3v) is 4.73. The molecule has 11 nitrogen and oxygen atoms in total. The molecule has 0 aliphatic carbocycles. The fourth-order valence-electron chi connectivity index (χ4n) is 3.13. The minimum atomic E-state index is -1.77. The summed E-state index contributed by atoms with van der Waals surface area (Å²) in [6.07, 6.45) is -3.19. The average Bonchev–Trinajstić information content (AvgIpc) is 2.79. The van der Waals surface area contributed by atoms with Crippen molar-refractivity contribution in [3.05, 3.63) is 54.1 Å². The SMILES string of the molecule is N=C(N)c1ccc(NC(=O)[C@H](O)C2OCCN(c3cccc(NC(=O)CO)c3)C2=O)cc1. The van der Waals surface area contributed by atoms with E-state index in [1.165, 1.54) is 35.2 Å². The van der Waals surface area contributed by atoms with Crippen LogP contribution >= 0.6 is 0 Å². The molecule has 0 bridgehead atoms. The Morgan fingerprint density at radius 2 is 1.91 bits per heavy atom. The topological polar surface area (TPSA) is 178 Å². The highest BCUT2D eigenvalue weighted by Gasteiger charge is 2.39. The first-order chi connectivity index (χ1) is 15.3. The number of amidine groups is 1. The first-order valence-electron chi connectivity index (χ1n) is 9.67. The highest BCUT2D eigenvalue weighted by molar-refractivity contribution is 6.04. The molecule has 1 aliphatic heterocycles. The summed E-state index contributed by atoms with van der Waals surface area (Å²) in [7, 11) is 0. The molecule has 3 amide bonds. The fourth-order valence-corrected chi connectivity index (χ4v) is 3.13. The molecule has 3 rings (SSSR count). The minimum absolute atomic E-state index is 0.0846. The fraction of sp³-hybridized carbons (Fsp3) is 0.238. The van der Waals surface area contributed by atoms with E-state index in [-0.39, 0.29) is 19.0 Å². The summed E-state index contributed by atoms with van der Waals surface area (Å²) in [5.41, 5.74) is 7.04. The summed E-state index contributed by atoms with van der Waals surface area (Å²) in [5, 5.41) is 31.7. The number of hydrogen-bond acceptors (Lipinski definition) is 7. The maximum atomic E-state index is 12.9. The Morgan fingerprint density at radius 1 is 1.19 bits per heavy atom. The van der Waals surface area contributed by atoms with Gasteiger partial charge < -0.3 is 36.2 Å². The van der Waals surface area contributed by atoms with Crippen molar-refractivity contribution in [3.8, 4) is 0 Å². The number of aliphatic hydroxyl groups excluding tert-OH is 2. The van der Waals surface area contributed by atoms with Gasteiger partial charge in [-0.15, -0.1) is 0 Å². The zero-order valence-corrected chi connectivity index (χ0v) is 16.9. The molecule has 1 unspecified atom stereocenters. The number of nitrogens with zero attached hydrogens (tertiary/aromatic N) is 1. The van der Waals surface area contributed by atoms with Crippen molar-refractivity contribution in [2.24, 2.45) is 5.73 Å². The van der Waals surface area contributed by atoms with Crippen LogP contribution in [0.1, 0.15) is 5.56 Å². The molecule has 1 heterocycles. The molecule has 1 aliphatic rings. The Kier molecular flexibility index (Phi) is 7.15. The molecule has 1 saturated heterocycles. The Bertz CT molecular complexity index is 1030. The van der Waals surface area contributed by atoms with Crippen molar-refractivity contribution < 1.29 is 29.3 Å². The average molecular weight is 441 g/mol. The zero-order chi connectivity index (χ0) is 23.3. The van der Waals surface area contributed by atoms with Crippen LogP contribution in [0.3, 0.4) is 0 Å². The lowest BCUT2D eigenvalue weighted by molar-refractivity contribution is -0.150. The van der Waals surface area contributed by atoms with Gasteiger partial charge in [-0.1, -0.05) is 6.07 Å². The number of morpholine rings is 1. The van der Waals surface area contributed by atoms with E-state index >= 15 is 0 Å². The molecule has 2 atom stereocenters. The molecule has 11 heteroatoms. The van der Waals surface area contributed by atoms with Gasteiger partial charge in [0.05, 0.1) is 6.61 Å². The summed E-state index contributed by atoms with van der Waals surface area (Å²) in [4.78, 5) is 38.2. The summed E-state index contributed by atoms with van der Waals surface area (Å²) < 4.78 is 5.38. The van der Waals surface area contributed by atoms with Crippen molar-refractivity contribution >= 4 is 40.6 Å². The van der Waals surface area contributed by atoms with E-state index in [0.717, 1.165) is 0 Å². The van der Waals surface area contributed by atoms with Crippen LogP contribution in [0.25, 0.3) is 0 Å². The van der Waals surface area contributed by atoms with Crippen LogP contribution in [-0.4, -0.2) is 65.7 Å². The van der Waals surface area contributed by atoms with E-state index in [1.807, 2.05) is 0 Å². The second-order valence-electron chi connectivity index (χ2n) is 6.96. The number of nitrogens with one attached hydrogen (secondary N) is 3. The number of carbonyl (C=O) groups excluding carboxylic acids is 3. The van der Waals surface area contributed by atoms with Crippen LogP contribution < -0.4 is 21.3 Å². The van der Waals surface area contributed by atoms with Crippen LogP contribution in [0.2, 0.25) is 0 Å². The molecular formula is C21H23N5O6. The first-order valence-corrected chi connectivity index (χ1v) is 9.67. The Labute approximate surface area is 183 Å². The normalized spacial score (nSPS) is 16.9. The predicted octanol–water partition coefficient (Wildman–Crippen LogP) is -0.367. The molecule has 2 aromatic carbocycles. The standard InChI is InChI=1S/C21H23N5O6/c22-19(23)12-4-6-13(7-5-12)25-20(30)17(29)18-21(31)26(8-9-32-18)15-3-1-2-14(10-15)24-16(28)11-27/h1-7,10,17-18,27,29H,8-9,11H2,(H3,22,23)(H,24,28)(H,25,30)/t17-,18?/m1/s1. The molecule has 32 heavy (non-hydrogen) atoms. The van der Waals surface area contributed by atoms with E-state index in [2.05, 4.69) is 10.6 Å². The van der Waals surface area contributed by atoms with Crippen LogP contribution in [0.4, 0.5) is 17.1 Å². The Hall–Kier alpha value is -3.80. The first kappa shape index (κ1) is 22.9. The number of benzene rings is 2.